The van der Waals surface area contributed by atoms with E-state index in [9.17, 15) is 0 Å². The van der Waals surface area contributed by atoms with Crippen LogP contribution in [0, 0.1) is 5.92 Å². The first kappa shape index (κ1) is 9.79. The number of hydrogen-bond donors (Lipinski definition) is 1. The zero-order valence-corrected chi connectivity index (χ0v) is 9.32. The van der Waals surface area contributed by atoms with Gasteiger partial charge in [-0.3, -0.25) is 4.98 Å². The van der Waals surface area contributed by atoms with Crippen LogP contribution in [0.1, 0.15) is 12.0 Å². The average Bonchev–Trinajstić information content (AvgIpc) is 2.82. The number of nitrogens with zero attached hydrogens (tertiary/aromatic N) is 1. The maximum Gasteiger partial charge on any atom is 0.0704 e. The SMILES string of the molecule is c1cc(C[C@@H]2CCNC2)c2cccnc2c1. The zero-order chi connectivity index (χ0) is 10.8. The van der Waals surface area contributed by atoms with Gasteiger partial charge in [0.25, 0.3) is 0 Å². The van der Waals surface area contributed by atoms with Gasteiger partial charge in [-0.25, -0.2) is 0 Å². The van der Waals surface area contributed by atoms with E-state index in [1.165, 1.54) is 30.3 Å². The monoisotopic (exact) mass is 212 g/mol. The number of rotatable bonds is 2. The molecule has 3 rings (SSSR count). The Labute approximate surface area is 95.7 Å². The highest BCUT2D eigenvalue weighted by Gasteiger charge is 2.15. The van der Waals surface area contributed by atoms with E-state index in [1.807, 2.05) is 12.3 Å². The summed E-state index contributed by atoms with van der Waals surface area (Å²) >= 11 is 0. The van der Waals surface area contributed by atoms with Gasteiger partial charge in [0.15, 0.2) is 0 Å². The summed E-state index contributed by atoms with van der Waals surface area (Å²) in [4.78, 5) is 4.40. The molecule has 1 aliphatic rings. The largest absolute Gasteiger partial charge is 0.316 e. The molecule has 0 amide bonds. The Morgan fingerprint density at radius 3 is 3.12 bits per heavy atom. The molecule has 1 aliphatic heterocycles. The van der Waals surface area contributed by atoms with Crippen molar-refractivity contribution in [3.8, 4) is 0 Å². The quantitative estimate of drug-likeness (QED) is 0.826. The fourth-order valence-corrected chi connectivity index (χ4v) is 2.54. The topological polar surface area (TPSA) is 24.9 Å². The third kappa shape index (κ3) is 1.81. The first-order valence-electron chi connectivity index (χ1n) is 5.97. The van der Waals surface area contributed by atoms with Crippen molar-refractivity contribution in [2.45, 2.75) is 12.8 Å². The van der Waals surface area contributed by atoms with Crippen LogP contribution in [-0.4, -0.2) is 18.1 Å². The van der Waals surface area contributed by atoms with E-state index in [0.717, 1.165) is 18.0 Å². The molecule has 1 atom stereocenters. The van der Waals surface area contributed by atoms with Crippen LogP contribution >= 0.6 is 0 Å². The lowest BCUT2D eigenvalue weighted by molar-refractivity contribution is 0.582. The molecule has 1 N–H and O–H groups in total. The Bertz CT molecular complexity index is 482. The number of hydrogen-bond acceptors (Lipinski definition) is 2. The number of benzene rings is 1. The second kappa shape index (κ2) is 4.22. The van der Waals surface area contributed by atoms with Crippen molar-refractivity contribution in [2.75, 3.05) is 13.1 Å². The highest BCUT2D eigenvalue weighted by molar-refractivity contribution is 5.81. The molecule has 0 saturated carbocycles. The normalized spacial score (nSPS) is 20.4. The minimum atomic E-state index is 0.797. The molecular formula is C14H16N2. The molecule has 2 nitrogen and oxygen atoms in total. The standard InChI is InChI=1S/C14H16N2/c1-3-12(9-11-6-8-15-10-11)13-4-2-7-16-14(13)5-1/h1-5,7,11,15H,6,8-10H2/t11-/m0/s1. The van der Waals surface area contributed by atoms with E-state index in [1.54, 1.807) is 0 Å². The molecule has 2 heteroatoms. The Morgan fingerprint density at radius 2 is 2.25 bits per heavy atom. The van der Waals surface area contributed by atoms with Crippen LogP contribution in [-0.2, 0) is 6.42 Å². The molecule has 0 radical (unpaired) electrons. The van der Waals surface area contributed by atoms with Crippen molar-refractivity contribution in [3.63, 3.8) is 0 Å². The minimum Gasteiger partial charge on any atom is -0.316 e. The molecule has 0 unspecified atom stereocenters. The minimum absolute atomic E-state index is 0.797. The van der Waals surface area contributed by atoms with Crippen LogP contribution in [0.2, 0.25) is 0 Å². The van der Waals surface area contributed by atoms with Gasteiger partial charge in [-0.1, -0.05) is 18.2 Å². The third-order valence-corrected chi connectivity index (χ3v) is 3.41. The van der Waals surface area contributed by atoms with E-state index in [0.29, 0.717) is 0 Å². The van der Waals surface area contributed by atoms with Crippen LogP contribution in [0.4, 0.5) is 0 Å². The van der Waals surface area contributed by atoms with Crippen molar-refractivity contribution < 1.29 is 0 Å². The smallest absolute Gasteiger partial charge is 0.0704 e. The summed E-state index contributed by atoms with van der Waals surface area (Å²) in [5.74, 6) is 0.797. The lowest BCUT2D eigenvalue weighted by Gasteiger charge is -2.10. The highest BCUT2D eigenvalue weighted by atomic mass is 14.9. The summed E-state index contributed by atoms with van der Waals surface area (Å²) in [5.41, 5.74) is 2.56. The molecule has 16 heavy (non-hydrogen) atoms. The lowest BCUT2D eigenvalue weighted by Crippen LogP contribution is -2.10. The summed E-state index contributed by atoms with van der Waals surface area (Å²) in [6.45, 7) is 2.34. The molecule has 1 saturated heterocycles. The Morgan fingerprint density at radius 1 is 1.25 bits per heavy atom. The molecule has 0 aliphatic carbocycles. The van der Waals surface area contributed by atoms with Crippen molar-refractivity contribution in [2.24, 2.45) is 5.92 Å². The predicted molar refractivity (Wildman–Crippen MR) is 66.4 cm³/mol. The maximum atomic E-state index is 4.40. The van der Waals surface area contributed by atoms with Gasteiger partial charge in [0.1, 0.15) is 0 Å². The zero-order valence-electron chi connectivity index (χ0n) is 9.32. The fraction of sp³-hybridized carbons (Fsp3) is 0.357. The average molecular weight is 212 g/mol. The van der Waals surface area contributed by atoms with Gasteiger partial charge in [-0.15, -0.1) is 0 Å². The van der Waals surface area contributed by atoms with Crippen LogP contribution in [0.25, 0.3) is 10.9 Å². The van der Waals surface area contributed by atoms with Gasteiger partial charge in [-0.2, -0.15) is 0 Å². The Balaban J connectivity index is 1.96. The van der Waals surface area contributed by atoms with E-state index in [-0.39, 0.29) is 0 Å². The van der Waals surface area contributed by atoms with Gasteiger partial charge in [0, 0.05) is 11.6 Å². The summed E-state index contributed by atoms with van der Waals surface area (Å²) in [7, 11) is 0. The Hall–Kier alpha value is -1.41. The van der Waals surface area contributed by atoms with Crippen LogP contribution in [0.3, 0.4) is 0 Å². The molecular weight excluding hydrogens is 196 g/mol. The van der Waals surface area contributed by atoms with Crippen LogP contribution < -0.4 is 5.32 Å². The van der Waals surface area contributed by atoms with E-state index < -0.39 is 0 Å². The molecule has 0 spiro atoms. The molecule has 2 aromatic rings. The van der Waals surface area contributed by atoms with Crippen LogP contribution in [0.15, 0.2) is 36.5 Å². The first-order chi connectivity index (χ1) is 7.93. The van der Waals surface area contributed by atoms with E-state index >= 15 is 0 Å². The number of nitrogens with one attached hydrogen (secondary N) is 1. The second-order valence-corrected chi connectivity index (χ2v) is 4.55. The van der Waals surface area contributed by atoms with E-state index in [4.69, 9.17) is 0 Å². The van der Waals surface area contributed by atoms with Crippen LogP contribution in [0.5, 0.6) is 0 Å². The van der Waals surface area contributed by atoms with Gasteiger partial charge in [0.05, 0.1) is 5.52 Å². The summed E-state index contributed by atoms with van der Waals surface area (Å²) < 4.78 is 0. The predicted octanol–water partition coefficient (Wildman–Crippen LogP) is 2.39. The van der Waals surface area contributed by atoms with Crippen molar-refractivity contribution >= 4 is 10.9 Å². The van der Waals surface area contributed by atoms with E-state index in [2.05, 4.69) is 34.6 Å². The van der Waals surface area contributed by atoms with Crippen molar-refractivity contribution in [1.82, 2.24) is 10.3 Å². The third-order valence-electron chi connectivity index (χ3n) is 3.41. The second-order valence-electron chi connectivity index (χ2n) is 4.55. The summed E-state index contributed by atoms with van der Waals surface area (Å²) in [6.07, 6.45) is 4.34. The Kier molecular flexibility index (Phi) is 2.58. The molecule has 0 bridgehead atoms. The van der Waals surface area contributed by atoms with Crippen molar-refractivity contribution in [3.05, 3.63) is 42.1 Å². The van der Waals surface area contributed by atoms with Gasteiger partial charge < -0.3 is 5.32 Å². The summed E-state index contributed by atoms with van der Waals surface area (Å²) in [5, 5.41) is 4.74. The molecule has 82 valence electrons. The highest BCUT2D eigenvalue weighted by Crippen LogP contribution is 2.21. The van der Waals surface area contributed by atoms with Crippen molar-refractivity contribution in [1.29, 1.82) is 0 Å². The number of fused-ring (bicyclic) bond motifs is 1. The van der Waals surface area contributed by atoms with Gasteiger partial charge in [0.2, 0.25) is 0 Å². The van der Waals surface area contributed by atoms with Gasteiger partial charge >= 0.3 is 0 Å². The molecule has 1 aromatic heterocycles. The number of pyridine rings is 1. The lowest BCUT2D eigenvalue weighted by atomic mass is 9.96. The molecule has 1 fully saturated rings. The molecule has 2 heterocycles. The van der Waals surface area contributed by atoms with Gasteiger partial charge in [-0.05, 0) is 49.5 Å². The maximum absolute atomic E-state index is 4.40. The molecule has 1 aromatic carbocycles. The number of aromatic nitrogens is 1. The summed E-state index contributed by atoms with van der Waals surface area (Å²) in [6, 6.07) is 10.7. The fourth-order valence-electron chi connectivity index (χ4n) is 2.54. The first-order valence-corrected chi connectivity index (χ1v) is 5.97.